The molecule has 1 rings (SSSR count). The number of carbonyl (C=O) groups is 1. The molecule has 0 N–H and O–H groups in total. The summed E-state index contributed by atoms with van der Waals surface area (Å²) >= 11 is 0. The Kier molecular flexibility index (Phi) is 1.32. The van der Waals surface area contributed by atoms with Gasteiger partial charge in [0.1, 0.15) is 0 Å². The third-order valence-corrected chi connectivity index (χ3v) is 0.852. The zero-order chi connectivity index (χ0) is 6.69. The molecule has 1 heterocycles. The Morgan fingerprint density at radius 1 is 1.78 bits per heavy atom. The number of rotatable bonds is 1. The summed E-state index contributed by atoms with van der Waals surface area (Å²) in [6, 6.07) is 1.39. The lowest BCUT2D eigenvalue weighted by atomic mass is 10.4. The SMILES string of the molecule is [C-]#[N+]c1cc(C=O)co1. The van der Waals surface area contributed by atoms with Crippen LogP contribution in [0.2, 0.25) is 0 Å². The van der Waals surface area contributed by atoms with E-state index in [-0.39, 0.29) is 5.88 Å². The molecule has 0 aromatic carbocycles. The number of nitrogens with zero attached hydrogens (tertiary/aromatic N) is 1. The molecule has 0 radical (unpaired) electrons. The summed E-state index contributed by atoms with van der Waals surface area (Å²) in [6.07, 6.45) is 1.89. The lowest BCUT2D eigenvalue weighted by Gasteiger charge is -1.67. The van der Waals surface area contributed by atoms with Crippen LogP contribution in [0, 0.1) is 6.57 Å². The zero-order valence-corrected chi connectivity index (χ0v) is 4.50. The Morgan fingerprint density at radius 2 is 2.56 bits per heavy atom. The van der Waals surface area contributed by atoms with Crippen LogP contribution in [-0.4, -0.2) is 6.29 Å². The van der Waals surface area contributed by atoms with Crippen LogP contribution < -0.4 is 0 Å². The van der Waals surface area contributed by atoms with Crippen molar-refractivity contribution in [2.45, 2.75) is 0 Å². The van der Waals surface area contributed by atoms with Crippen LogP contribution in [0.4, 0.5) is 5.88 Å². The van der Waals surface area contributed by atoms with Gasteiger partial charge >= 0.3 is 5.88 Å². The van der Waals surface area contributed by atoms with Gasteiger partial charge in [-0.25, -0.2) is 0 Å². The topological polar surface area (TPSA) is 34.6 Å². The van der Waals surface area contributed by atoms with Crippen LogP contribution >= 0.6 is 0 Å². The van der Waals surface area contributed by atoms with Crippen molar-refractivity contribution < 1.29 is 9.21 Å². The van der Waals surface area contributed by atoms with Gasteiger partial charge in [0.2, 0.25) is 0 Å². The minimum Gasteiger partial charge on any atom is -0.486 e. The van der Waals surface area contributed by atoms with Gasteiger partial charge in [0, 0.05) is 5.56 Å². The predicted molar refractivity (Wildman–Crippen MR) is 30.4 cm³/mol. The Hall–Kier alpha value is -1.56. The molecular formula is C6H3NO2. The van der Waals surface area contributed by atoms with Crippen molar-refractivity contribution in [3.8, 4) is 0 Å². The molecule has 1 aromatic rings. The first-order chi connectivity index (χ1) is 4.36. The Bertz CT molecular complexity index is 256. The number of hydrogen-bond acceptors (Lipinski definition) is 2. The maximum Gasteiger partial charge on any atom is 0.346 e. The third kappa shape index (κ3) is 0.970. The fourth-order valence-electron chi connectivity index (χ4n) is 0.459. The highest BCUT2D eigenvalue weighted by Gasteiger charge is 1.96. The van der Waals surface area contributed by atoms with E-state index in [0.717, 1.165) is 0 Å². The highest BCUT2D eigenvalue weighted by molar-refractivity contribution is 5.75. The first-order valence-electron chi connectivity index (χ1n) is 2.28. The second-order valence-electron chi connectivity index (χ2n) is 1.45. The standard InChI is InChI=1S/C6H3NO2/c1-7-6-2-5(3-8)4-9-6/h2-4H. The van der Waals surface area contributed by atoms with Crippen molar-refractivity contribution in [3.05, 3.63) is 29.3 Å². The molecule has 9 heavy (non-hydrogen) atoms. The third-order valence-electron chi connectivity index (χ3n) is 0.852. The average Bonchev–Trinajstić information content (AvgIpc) is 2.34. The normalized spacial score (nSPS) is 8.33. The summed E-state index contributed by atoms with van der Waals surface area (Å²) in [5.41, 5.74) is 0.404. The van der Waals surface area contributed by atoms with Crippen molar-refractivity contribution in [3.63, 3.8) is 0 Å². The number of aldehydes is 1. The molecule has 0 aliphatic rings. The van der Waals surface area contributed by atoms with Gasteiger partial charge in [0.25, 0.3) is 0 Å². The van der Waals surface area contributed by atoms with Gasteiger partial charge in [0.05, 0.1) is 12.8 Å². The summed E-state index contributed by atoms with van der Waals surface area (Å²) in [7, 11) is 0. The summed E-state index contributed by atoms with van der Waals surface area (Å²) in [5, 5.41) is 0. The van der Waals surface area contributed by atoms with Gasteiger partial charge in [-0.3, -0.25) is 4.79 Å². The smallest absolute Gasteiger partial charge is 0.346 e. The average molecular weight is 121 g/mol. The molecule has 0 saturated heterocycles. The molecule has 0 fully saturated rings. The first kappa shape index (κ1) is 5.57. The van der Waals surface area contributed by atoms with E-state index in [0.29, 0.717) is 11.8 Å². The molecule has 0 aliphatic carbocycles. The molecule has 1 aromatic heterocycles. The van der Waals surface area contributed by atoms with E-state index in [4.69, 9.17) is 6.57 Å². The van der Waals surface area contributed by atoms with Crippen molar-refractivity contribution in [1.82, 2.24) is 0 Å². The Balaban J connectivity index is 3.03. The molecule has 0 spiro atoms. The molecule has 0 atom stereocenters. The molecule has 0 amide bonds. The largest absolute Gasteiger partial charge is 0.486 e. The van der Waals surface area contributed by atoms with E-state index in [1.54, 1.807) is 0 Å². The van der Waals surface area contributed by atoms with Gasteiger partial charge < -0.3 is 4.42 Å². The maximum atomic E-state index is 9.97. The van der Waals surface area contributed by atoms with Gasteiger partial charge in [-0.15, -0.1) is 0 Å². The lowest BCUT2D eigenvalue weighted by molar-refractivity contribution is 0.112. The Labute approximate surface area is 51.7 Å². The highest BCUT2D eigenvalue weighted by Crippen LogP contribution is 2.13. The fraction of sp³-hybridized carbons (Fsp3) is 0. The van der Waals surface area contributed by atoms with E-state index in [1.807, 2.05) is 0 Å². The monoisotopic (exact) mass is 121 g/mol. The van der Waals surface area contributed by atoms with E-state index >= 15 is 0 Å². The summed E-state index contributed by atoms with van der Waals surface area (Å²) in [6.45, 7) is 6.45. The van der Waals surface area contributed by atoms with E-state index in [2.05, 4.69) is 9.26 Å². The Morgan fingerprint density at radius 3 is 2.89 bits per heavy atom. The molecule has 0 aliphatic heterocycles. The van der Waals surface area contributed by atoms with Crippen LogP contribution in [-0.2, 0) is 0 Å². The molecule has 3 heteroatoms. The molecule has 0 bridgehead atoms. The molecule has 3 nitrogen and oxygen atoms in total. The summed E-state index contributed by atoms with van der Waals surface area (Å²) in [4.78, 5) is 12.9. The van der Waals surface area contributed by atoms with Gasteiger partial charge in [0.15, 0.2) is 6.29 Å². The lowest BCUT2D eigenvalue weighted by Crippen LogP contribution is -1.65. The first-order valence-corrected chi connectivity index (χ1v) is 2.28. The number of furan rings is 1. The van der Waals surface area contributed by atoms with Crippen LogP contribution in [0.1, 0.15) is 10.4 Å². The van der Waals surface area contributed by atoms with Crippen LogP contribution in [0.15, 0.2) is 16.7 Å². The fourth-order valence-corrected chi connectivity index (χ4v) is 0.459. The van der Waals surface area contributed by atoms with E-state index < -0.39 is 0 Å². The predicted octanol–water partition coefficient (Wildman–Crippen LogP) is 1.64. The molecular weight excluding hydrogens is 118 g/mol. The van der Waals surface area contributed by atoms with Crippen LogP contribution in [0.3, 0.4) is 0 Å². The van der Waals surface area contributed by atoms with Crippen LogP contribution in [0.25, 0.3) is 4.85 Å². The molecule has 0 unspecified atom stereocenters. The summed E-state index contributed by atoms with van der Waals surface area (Å²) in [5.74, 6) is 0.150. The summed E-state index contributed by atoms with van der Waals surface area (Å²) < 4.78 is 4.62. The van der Waals surface area contributed by atoms with Gasteiger partial charge in [-0.1, -0.05) is 0 Å². The van der Waals surface area contributed by atoms with Gasteiger partial charge in [-0.2, -0.15) is 4.85 Å². The minimum atomic E-state index is 0.150. The minimum absolute atomic E-state index is 0.150. The maximum absolute atomic E-state index is 9.97. The molecule has 0 saturated carbocycles. The highest BCUT2D eigenvalue weighted by atomic mass is 16.3. The van der Waals surface area contributed by atoms with Gasteiger partial charge in [-0.05, 0) is 6.07 Å². The number of hydrogen-bond donors (Lipinski definition) is 0. The quantitative estimate of drug-likeness (QED) is 0.418. The van der Waals surface area contributed by atoms with Crippen molar-refractivity contribution in [2.75, 3.05) is 0 Å². The van der Waals surface area contributed by atoms with Crippen molar-refractivity contribution in [2.24, 2.45) is 0 Å². The van der Waals surface area contributed by atoms with Crippen molar-refractivity contribution >= 4 is 12.2 Å². The second-order valence-corrected chi connectivity index (χ2v) is 1.45. The van der Waals surface area contributed by atoms with Crippen molar-refractivity contribution in [1.29, 1.82) is 0 Å². The van der Waals surface area contributed by atoms with E-state index in [1.165, 1.54) is 12.3 Å². The van der Waals surface area contributed by atoms with Crippen LogP contribution in [0.5, 0.6) is 0 Å². The second kappa shape index (κ2) is 2.14. The van der Waals surface area contributed by atoms with E-state index in [9.17, 15) is 4.79 Å². The number of carbonyl (C=O) groups excluding carboxylic acids is 1. The molecule has 44 valence electrons. The zero-order valence-electron chi connectivity index (χ0n) is 4.50.